The molecule has 0 amide bonds. The highest BCUT2D eigenvalue weighted by Crippen LogP contribution is 2.30. The number of carbonyl (C=O) groups is 1. The second-order valence-corrected chi connectivity index (χ2v) is 5.26. The highest BCUT2D eigenvalue weighted by molar-refractivity contribution is 5.87. The summed E-state index contributed by atoms with van der Waals surface area (Å²) in [5.74, 6) is -0.156. The second kappa shape index (κ2) is 6.13. The van der Waals surface area contributed by atoms with Crippen molar-refractivity contribution in [3.05, 3.63) is 42.4 Å². The van der Waals surface area contributed by atoms with Gasteiger partial charge in [0, 0.05) is 36.6 Å². The Kier molecular flexibility index (Phi) is 4.06. The fraction of sp³-hybridized carbons (Fsp3) is 0.467. The summed E-state index contributed by atoms with van der Waals surface area (Å²) in [5.41, 5.74) is 0.832. The van der Waals surface area contributed by atoms with Crippen molar-refractivity contribution < 1.29 is 13.9 Å². The van der Waals surface area contributed by atoms with Crippen LogP contribution in [0.1, 0.15) is 41.4 Å². The van der Waals surface area contributed by atoms with Gasteiger partial charge < -0.3 is 19.0 Å². The minimum atomic E-state index is -0.436. The summed E-state index contributed by atoms with van der Waals surface area (Å²) < 4.78 is 12.1. The van der Waals surface area contributed by atoms with Crippen LogP contribution in [0.15, 0.2) is 35.5 Å². The van der Waals surface area contributed by atoms with Crippen molar-refractivity contribution in [3.63, 3.8) is 0 Å². The van der Waals surface area contributed by atoms with E-state index in [0.717, 1.165) is 18.4 Å². The fourth-order valence-corrected chi connectivity index (χ4v) is 2.99. The maximum absolute atomic E-state index is 11.6. The second-order valence-electron chi connectivity index (χ2n) is 5.26. The molecule has 6 nitrogen and oxygen atoms in total. The Morgan fingerprint density at radius 2 is 2.48 bits per heavy atom. The first-order chi connectivity index (χ1) is 10.3. The number of furan rings is 1. The van der Waals surface area contributed by atoms with Gasteiger partial charge in [0.2, 0.25) is 5.76 Å². The highest BCUT2D eigenvalue weighted by Gasteiger charge is 2.28. The lowest BCUT2D eigenvalue weighted by atomic mass is 10.1. The molecule has 0 aliphatic heterocycles. The third-order valence-electron chi connectivity index (χ3n) is 4.06. The fourth-order valence-electron chi connectivity index (χ4n) is 2.99. The Labute approximate surface area is 123 Å². The van der Waals surface area contributed by atoms with Crippen LogP contribution in [0.5, 0.6) is 0 Å². The summed E-state index contributed by atoms with van der Waals surface area (Å²) in [6.45, 7) is 0.594. The van der Waals surface area contributed by atoms with E-state index in [9.17, 15) is 4.79 Å². The zero-order valence-electron chi connectivity index (χ0n) is 12.0. The van der Waals surface area contributed by atoms with E-state index in [-0.39, 0.29) is 5.76 Å². The molecule has 1 N–H and O–H groups in total. The molecule has 0 radical (unpaired) electrons. The van der Waals surface area contributed by atoms with Gasteiger partial charge in [-0.05, 0) is 25.3 Å². The van der Waals surface area contributed by atoms with Crippen molar-refractivity contribution in [1.29, 1.82) is 0 Å². The van der Waals surface area contributed by atoms with Gasteiger partial charge in [0.15, 0.2) is 0 Å². The van der Waals surface area contributed by atoms with Gasteiger partial charge in [-0.25, -0.2) is 9.78 Å². The molecular weight excluding hydrogens is 270 g/mol. The normalized spacial score (nSPS) is 21.6. The van der Waals surface area contributed by atoms with E-state index < -0.39 is 5.97 Å². The molecule has 2 aromatic heterocycles. The molecule has 0 spiro atoms. The van der Waals surface area contributed by atoms with Gasteiger partial charge in [0.25, 0.3) is 0 Å². The van der Waals surface area contributed by atoms with Crippen molar-refractivity contribution in [2.75, 3.05) is 7.11 Å². The van der Waals surface area contributed by atoms with Crippen LogP contribution in [-0.4, -0.2) is 28.7 Å². The molecule has 6 heteroatoms. The minimum absolute atomic E-state index is 0.280. The SMILES string of the molecule is COC(=O)c1occc1CNC1CCCC1n1ccnc1. The molecule has 1 fully saturated rings. The summed E-state index contributed by atoms with van der Waals surface area (Å²) in [6, 6.07) is 2.60. The lowest BCUT2D eigenvalue weighted by Gasteiger charge is -2.22. The van der Waals surface area contributed by atoms with E-state index in [0.29, 0.717) is 18.6 Å². The summed E-state index contributed by atoms with van der Waals surface area (Å²) in [6.07, 6.45) is 10.6. The Morgan fingerprint density at radius 3 is 3.24 bits per heavy atom. The van der Waals surface area contributed by atoms with Crippen LogP contribution in [0.25, 0.3) is 0 Å². The lowest BCUT2D eigenvalue weighted by Crippen LogP contribution is -2.33. The molecule has 2 atom stereocenters. The molecule has 112 valence electrons. The Balaban J connectivity index is 1.65. The van der Waals surface area contributed by atoms with Crippen molar-refractivity contribution in [2.45, 2.75) is 37.9 Å². The van der Waals surface area contributed by atoms with Crippen LogP contribution in [0.3, 0.4) is 0 Å². The minimum Gasteiger partial charge on any atom is -0.463 e. The van der Waals surface area contributed by atoms with Gasteiger partial charge >= 0.3 is 5.97 Å². The lowest BCUT2D eigenvalue weighted by molar-refractivity contribution is 0.0563. The van der Waals surface area contributed by atoms with Crippen LogP contribution in [0, 0.1) is 0 Å². The monoisotopic (exact) mass is 289 g/mol. The molecule has 0 saturated heterocycles. The van der Waals surface area contributed by atoms with Crippen LogP contribution in [-0.2, 0) is 11.3 Å². The molecule has 1 saturated carbocycles. The zero-order valence-corrected chi connectivity index (χ0v) is 12.0. The quantitative estimate of drug-likeness (QED) is 0.854. The predicted octanol–water partition coefficient (Wildman–Crippen LogP) is 2.15. The van der Waals surface area contributed by atoms with E-state index in [4.69, 9.17) is 9.15 Å². The Morgan fingerprint density at radius 1 is 1.57 bits per heavy atom. The van der Waals surface area contributed by atoms with Crippen LogP contribution >= 0.6 is 0 Å². The maximum Gasteiger partial charge on any atom is 0.374 e. The molecule has 3 rings (SSSR count). The Hall–Kier alpha value is -2.08. The van der Waals surface area contributed by atoms with E-state index in [2.05, 4.69) is 14.9 Å². The number of carbonyl (C=O) groups excluding carboxylic acids is 1. The van der Waals surface area contributed by atoms with Crippen LogP contribution in [0.2, 0.25) is 0 Å². The molecular formula is C15H19N3O3. The maximum atomic E-state index is 11.6. The number of methoxy groups -OCH3 is 1. The number of hydrogen-bond donors (Lipinski definition) is 1. The first kappa shape index (κ1) is 13.9. The van der Waals surface area contributed by atoms with Crippen molar-refractivity contribution in [3.8, 4) is 0 Å². The largest absolute Gasteiger partial charge is 0.463 e. The summed E-state index contributed by atoms with van der Waals surface area (Å²) in [7, 11) is 1.36. The number of ether oxygens (including phenoxy) is 1. The number of nitrogens with one attached hydrogen (secondary N) is 1. The molecule has 2 unspecified atom stereocenters. The van der Waals surface area contributed by atoms with E-state index in [1.807, 2.05) is 12.5 Å². The highest BCUT2D eigenvalue weighted by atomic mass is 16.5. The number of hydrogen-bond acceptors (Lipinski definition) is 5. The molecule has 0 bridgehead atoms. The standard InChI is InChI=1S/C15H19N3O3/c1-20-15(19)14-11(5-8-21-14)9-17-12-3-2-4-13(12)18-7-6-16-10-18/h5-8,10,12-13,17H,2-4,9H2,1H3. The molecule has 0 aromatic carbocycles. The molecule has 21 heavy (non-hydrogen) atoms. The third kappa shape index (κ3) is 2.85. The Bertz CT molecular complexity index is 591. The van der Waals surface area contributed by atoms with E-state index >= 15 is 0 Å². The average Bonchev–Trinajstić information content (AvgIpc) is 3.22. The number of imidazole rings is 1. The van der Waals surface area contributed by atoms with Gasteiger partial charge in [-0.15, -0.1) is 0 Å². The molecule has 1 aliphatic carbocycles. The van der Waals surface area contributed by atoms with Gasteiger partial charge in [-0.2, -0.15) is 0 Å². The number of aromatic nitrogens is 2. The average molecular weight is 289 g/mol. The predicted molar refractivity (Wildman–Crippen MR) is 75.8 cm³/mol. The van der Waals surface area contributed by atoms with E-state index in [1.165, 1.54) is 19.8 Å². The van der Waals surface area contributed by atoms with Crippen molar-refractivity contribution >= 4 is 5.97 Å². The topological polar surface area (TPSA) is 69.3 Å². The van der Waals surface area contributed by atoms with E-state index in [1.54, 1.807) is 12.3 Å². The zero-order chi connectivity index (χ0) is 14.7. The first-order valence-corrected chi connectivity index (χ1v) is 7.15. The van der Waals surface area contributed by atoms with Crippen molar-refractivity contribution in [2.24, 2.45) is 0 Å². The smallest absolute Gasteiger partial charge is 0.374 e. The van der Waals surface area contributed by atoms with Crippen molar-refractivity contribution in [1.82, 2.24) is 14.9 Å². The summed E-state index contributed by atoms with van der Waals surface area (Å²) >= 11 is 0. The summed E-state index contributed by atoms with van der Waals surface area (Å²) in [4.78, 5) is 15.7. The molecule has 2 aromatic rings. The third-order valence-corrected chi connectivity index (χ3v) is 4.06. The summed E-state index contributed by atoms with van der Waals surface area (Å²) in [5, 5.41) is 3.53. The number of rotatable bonds is 5. The van der Waals surface area contributed by atoms with Crippen LogP contribution < -0.4 is 5.32 Å². The number of esters is 1. The van der Waals surface area contributed by atoms with Gasteiger partial charge in [0.1, 0.15) is 0 Å². The van der Waals surface area contributed by atoms with Crippen LogP contribution in [0.4, 0.5) is 0 Å². The van der Waals surface area contributed by atoms with Gasteiger partial charge in [0.05, 0.1) is 19.7 Å². The number of nitrogens with zero attached hydrogens (tertiary/aromatic N) is 2. The first-order valence-electron chi connectivity index (χ1n) is 7.15. The molecule has 2 heterocycles. The molecule has 1 aliphatic rings. The van der Waals surface area contributed by atoms with Gasteiger partial charge in [-0.3, -0.25) is 0 Å². The van der Waals surface area contributed by atoms with Gasteiger partial charge in [-0.1, -0.05) is 0 Å².